The first-order valence-corrected chi connectivity index (χ1v) is 10.6. The first-order chi connectivity index (χ1) is 14.3. The number of piperazine rings is 1. The molecule has 1 saturated carbocycles. The van der Waals surface area contributed by atoms with Gasteiger partial charge in [-0.2, -0.15) is 4.68 Å². The fourth-order valence-electron chi connectivity index (χ4n) is 4.63. The van der Waals surface area contributed by atoms with E-state index in [2.05, 4.69) is 20.2 Å². The smallest absolute Gasteiger partial charge is 0.254 e. The number of hydrogen-bond acceptors (Lipinski definition) is 5. The maximum absolute atomic E-state index is 13.1. The summed E-state index contributed by atoms with van der Waals surface area (Å²) >= 11 is 0. The lowest BCUT2D eigenvalue weighted by molar-refractivity contribution is 0.0523. The lowest BCUT2D eigenvalue weighted by atomic mass is 9.94. The summed E-state index contributed by atoms with van der Waals surface area (Å²) in [4.78, 5) is 22.1. The van der Waals surface area contributed by atoms with Gasteiger partial charge in [-0.05, 0) is 43.2 Å². The largest absolute Gasteiger partial charge is 0.336 e. The van der Waals surface area contributed by atoms with Crippen molar-refractivity contribution in [3.63, 3.8) is 0 Å². The van der Waals surface area contributed by atoms with Crippen LogP contribution in [0.3, 0.4) is 0 Å². The molecule has 1 aliphatic carbocycles. The molecule has 2 aliphatic rings. The molecule has 5 rings (SSSR count). The summed E-state index contributed by atoms with van der Waals surface area (Å²) in [6, 6.07) is 12.0. The molecule has 2 aromatic heterocycles. The Labute approximate surface area is 170 Å². The van der Waals surface area contributed by atoms with E-state index in [-0.39, 0.29) is 5.91 Å². The zero-order chi connectivity index (χ0) is 19.6. The molecule has 0 N–H and O–H groups in total. The molecular formula is C22H26N6O. The lowest BCUT2D eigenvalue weighted by Crippen LogP contribution is -2.52. The fraction of sp³-hybridized carbons (Fsp3) is 0.455. The quantitative estimate of drug-likeness (QED) is 0.688. The van der Waals surface area contributed by atoms with Crippen molar-refractivity contribution in [2.75, 3.05) is 26.2 Å². The highest BCUT2D eigenvalue weighted by molar-refractivity contribution is 5.95. The Morgan fingerprint density at radius 3 is 2.62 bits per heavy atom. The van der Waals surface area contributed by atoms with E-state index in [1.807, 2.05) is 41.3 Å². The van der Waals surface area contributed by atoms with Crippen LogP contribution < -0.4 is 0 Å². The van der Waals surface area contributed by atoms with Crippen molar-refractivity contribution in [2.45, 2.75) is 38.1 Å². The first kappa shape index (κ1) is 18.2. The van der Waals surface area contributed by atoms with E-state index in [4.69, 9.17) is 0 Å². The van der Waals surface area contributed by atoms with Crippen LogP contribution in [0.5, 0.6) is 0 Å². The second-order valence-corrected chi connectivity index (χ2v) is 8.02. The third-order valence-electron chi connectivity index (χ3n) is 6.24. The van der Waals surface area contributed by atoms with Gasteiger partial charge in [0.15, 0.2) is 5.65 Å². The number of benzene rings is 1. The van der Waals surface area contributed by atoms with Gasteiger partial charge >= 0.3 is 0 Å². The maximum atomic E-state index is 13.1. The molecule has 0 spiro atoms. The molecule has 1 saturated heterocycles. The average molecular weight is 390 g/mol. The number of fused-ring (bicyclic) bond motifs is 1. The first-order valence-electron chi connectivity index (χ1n) is 10.6. The summed E-state index contributed by atoms with van der Waals surface area (Å²) in [5, 5.41) is 8.37. The molecule has 7 heteroatoms. The van der Waals surface area contributed by atoms with Crippen LogP contribution in [0.4, 0.5) is 0 Å². The predicted molar refractivity (Wildman–Crippen MR) is 111 cm³/mol. The summed E-state index contributed by atoms with van der Waals surface area (Å²) in [6.45, 7) is 3.56. The summed E-state index contributed by atoms with van der Waals surface area (Å²) in [7, 11) is 0. The fourth-order valence-corrected chi connectivity index (χ4v) is 4.63. The Kier molecular flexibility index (Phi) is 4.97. The number of hydrogen-bond donors (Lipinski definition) is 0. The Morgan fingerprint density at radius 2 is 1.79 bits per heavy atom. The summed E-state index contributed by atoms with van der Waals surface area (Å²) in [5.41, 5.74) is 2.92. The van der Waals surface area contributed by atoms with Crippen molar-refractivity contribution >= 4 is 17.1 Å². The van der Waals surface area contributed by atoms with Crippen LogP contribution in [0.1, 0.15) is 42.5 Å². The summed E-state index contributed by atoms with van der Waals surface area (Å²) < 4.78 is 1.69. The second kappa shape index (κ2) is 7.91. The van der Waals surface area contributed by atoms with Crippen LogP contribution in [0.2, 0.25) is 0 Å². The lowest BCUT2D eigenvalue weighted by Gasteiger charge is -2.40. The number of rotatable bonds is 3. The summed E-state index contributed by atoms with van der Waals surface area (Å²) in [5.74, 6) is 0.0903. The van der Waals surface area contributed by atoms with Crippen molar-refractivity contribution in [3.05, 3.63) is 48.2 Å². The van der Waals surface area contributed by atoms with Crippen LogP contribution >= 0.6 is 0 Å². The van der Waals surface area contributed by atoms with Crippen LogP contribution in [0.15, 0.2) is 42.6 Å². The van der Waals surface area contributed by atoms with Crippen LogP contribution in [0.25, 0.3) is 16.9 Å². The van der Waals surface area contributed by atoms with Gasteiger partial charge in [-0.3, -0.25) is 9.69 Å². The number of carbonyl (C=O) groups excluding carboxylic acids is 1. The Morgan fingerprint density at radius 1 is 0.966 bits per heavy atom. The van der Waals surface area contributed by atoms with Gasteiger partial charge in [0.05, 0.1) is 5.69 Å². The third kappa shape index (κ3) is 3.62. The third-order valence-corrected chi connectivity index (χ3v) is 6.24. The van der Waals surface area contributed by atoms with E-state index in [9.17, 15) is 4.79 Å². The molecule has 0 atom stereocenters. The molecule has 1 aliphatic heterocycles. The van der Waals surface area contributed by atoms with Crippen molar-refractivity contribution < 1.29 is 4.79 Å². The molecule has 3 aromatic rings. The standard InChI is InChI=1S/C22H26N6O/c29-22(27-14-12-26(13-15-27)18-7-2-1-3-8-18)17-6-4-9-19(16-17)28-21-20(24-25-28)10-5-11-23-21/h4-6,9-11,16,18H,1-3,7-8,12-15H2. The van der Waals surface area contributed by atoms with Gasteiger partial charge < -0.3 is 4.90 Å². The molecule has 7 nitrogen and oxygen atoms in total. The molecule has 1 amide bonds. The number of pyridine rings is 1. The molecule has 0 bridgehead atoms. The van der Waals surface area contributed by atoms with E-state index in [0.717, 1.165) is 43.4 Å². The average Bonchev–Trinajstić information content (AvgIpc) is 3.24. The highest BCUT2D eigenvalue weighted by Gasteiger charge is 2.27. The summed E-state index contributed by atoms with van der Waals surface area (Å²) in [6.07, 6.45) is 8.43. The number of nitrogens with zero attached hydrogens (tertiary/aromatic N) is 6. The van der Waals surface area contributed by atoms with E-state index < -0.39 is 0 Å². The Hall–Kier alpha value is -2.80. The van der Waals surface area contributed by atoms with Crippen LogP contribution in [0, 0.1) is 0 Å². The van der Waals surface area contributed by atoms with Crippen molar-refractivity contribution in [2.24, 2.45) is 0 Å². The number of aromatic nitrogens is 4. The van der Waals surface area contributed by atoms with Gasteiger partial charge in [-0.15, -0.1) is 5.10 Å². The highest BCUT2D eigenvalue weighted by atomic mass is 16.2. The topological polar surface area (TPSA) is 67.2 Å². The number of carbonyl (C=O) groups is 1. The van der Waals surface area contributed by atoms with E-state index in [1.54, 1.807) is 10.9 Å². The van der Waals surface area contributed by atoms with E-state index >= 15 is 0 Å². The molecule has 1 aromatic carbocycles. The molecular weight excluding hydrogens is 364 g/mol. The zero-order valence-corrected chi connectivity index (χ0v) is 16.6. The van der Waals surface area contributed by atoms with E-state index in [0.29, 0.717) is 11.2 Å². The van der Waals surface area contributed by atoms with Gasteiger partial charge in [0.2, 0.25) is 0 Å². The molecule has 3 heterocycles. The van der Waals surface area contributed by atoms with Gasteiger partial charge in [0, 0.05) is 44.0 Å². The highest BCUT2D eigenvalue weighted by Crippen LogP contribution is 2.24. The van der Waals surface area contributed by atoms with Crippen molar-refractivity contribution in [3.8, 4) is 5.69 Å². The van der Waals surface area contributed by atoms with Crippen molar-refractivity contribution in [1.82, 2.24) is 29.8 Å². The maximum Gasteiger partial charge on any atom is 0.254 e. The van der Waals surface area contributed by atoms with E-state index in [1.165, 1.54) is 32.1 Å². The van der Waals surface area contributed by atoms with Gasteiger partial charge in [0.1, 0.15) is 5.52 Å². The molecule has 29 heavy (non-hydrogen) atoms. The van der Waals surface area contributed by atoms with Gasteiger partial charge in [-0.25, -0.2) is 4.98 Å². The minimum atomic E-state index is 0.0903. The molecule has 150 valence electrons. The van der Waals surface area contributed by atoms with Gasteiger partial charge in [0.25, 0.3) is 5.91 Å². The molecule has 0 radical (unpaired) electrons. The van der Waals surface area contributed by atoms with Crippen molar-refractivity contribution in [1.29, 1.82) is 0 Å². The van der Waals surface area contributed by atoms with Crippen LogP contribution in [-0.4, -0.2) is 67.9 Å². The second-order valence-electron chi connectivity index (χ2n) is 8.02. The Bertz CT molecular complexity index is 1000. The minimum absolute atomic E-state index is 0.0903. The normalized spacial score (nSPS) is 19.0. The Balaban J connectivity index is 1.30. The van der Waals surface area contributed by atoms with Crippen LogP contribution in [-0.2, 0) is 0 Å². The monoisotopic (exact) mass is 390 g/mol. The molecule has 0 unspecified atom stereocenters. The SMILES string of the molecule is O=C(c1cccc(-n2nnc3cccnc32)c1)N1CCN(C2CCCCC2)CC1. The zero-order valence-electron chi connectivity index (χ0n) is 16.6. The minimum Gasteiger partial charge on any atom is -0.336 e. The predicted octanol–water partition coefficient (Wildman–Crippen LogP) is 2.91. The molecule has 2 fully saturated rings. The number of amides is 1. The van der Waals surface area contributed by atoms with Gasteiger partial charge in [-0.1, -0.05) is 30.5 Å².